The lowest BCUT2D eigenvalue weighted by atomic mass is 9.88. The molecule has 0 atom stereocenters. The molecule has 0 bridgehead atoms. The average molecular weight is 547 g/mol. The summed E-state index contributed by atoms with van der Waals surface area (Å²) in [5, 5.41) is 5.24. The summed E-state index contributed by atoms with van der Waals surface area (Å²) in [5.74, 6) is 0.822. The molecule has 0 unspecified atom stereocenters. The molecule has 1 heterocycles. The lowest BCUT2D eigenvalue weighted by Gasteiger charge is -2.22. The lowest BCUT2D eigenvalue weighted by molar-refractivity contribution is -0.132. The molecule has 1 fully saturated rings. The molecule has 0 saturated heterocycles. The van der Waals surface area contributed by atoms with Crippen molar-refractivity contribution in [3.63, 3.8) is 0 Å². The zero-order valence-electron chi connectivity index (χ0n) is 19.0. The first-order valence-corrected chi connectivity index (χ1v) is 12.5. The Bertz CT molecular complexity index is 1320. The van der Waals surface area contributed by atoms with Gasteiger partial charge in [-0.1, -0.05) is 46.8 Å². The molecule has 9 heteroatoms. The van der Waals surface area contributed by atoms with Gasteiger partial charge in [-0.2, -0.15) is 9.78 Å². The number of fused-ring (bicyclic) bond motifs is 1. The van der Waals surface area contributed by atoms with Crippen LogP contribution in [0.25, 0.3) is 10.9 Å². The van der Waals surface area contributed by atoms with Gasteiger partial charge in [-0.25, -0.2) is 4.98 Å². The highest BCUT2D eigenvalue weighted by molar-refractivity contribution is 9.10. The Morgan fingerprint density at radius 2 is 2.03 bits per heavy atom. The molecule has 1 saturated carbocycles. The van der Waals surface area contributed by atoms with Crippen LogP contribution in [0.15, 0.2) is 44.7 Å². The van der Waals surface area contributed by atoms with Gasteiger partial charge in [0.1, 0.15) is 5.82 Å². The minimum absolute atomic E-state index is 0.158. The van der Waals surface area contributed by atoms with Crippen molar-refractivity contribution in [1.29, 1.82) is 0 Å². The number of aromatic nitrogens is 2. The van der Waals surface area contributed by atoms with Gasteiger partial charge in [0, 0.05) is 17.3 Å². The van der Waals surface area contributed by atoms with Gasteiger partial charge in [0.25, 0.3) is 5.56 Å². The van der Waals surface area contributed by atoms with Gasteiger partial charge < -0.3 is 9.47 Å². The SMILES string of the molecule is CCOc1cc(C=Nn2c(C3CCCCC3)nc3ccc(Br)cc3c2=O)cc(Cl)c1OC(C)=O. The zero-order chi connectivity index (χ0) is 24.2. The zero-order valence-corrected chi connectivity index (χ0v) is 21.4. The Hall–Kier alpha value is -2.71. The van der Waals surface area contributed by atoms with E-state index in [1.807, 2.05) is 19.1 Å². The molecule has 0 N–H and O–H groups in total. The third-order valence-corrected chi connectivity index (χ3v) is 6.48. The Balaban J connectivity index is 1.81. The van der Waals surface area contributed by atoms with E-state index in [4.69, 9.17) is 26.1 Å². The highest BCUT2D eigenvalue weighted by atomic mass is 79.9. The lowest BCUT2D eigenvalue weighted by Crippen LogP contribution is -2.25. The molecule has 178 valence electrons. The first-order valence-electron chi connectivity index (χ1n) is 11.3. The van der Waals surface area contributed by atoms with Crippen LogP contribution in [0, 0.1) is 0 Å². The van der Waals surface area contributed by atoms with Gasteiger partial charge >= 0.3 is 5.97 Å². The highest BCUT2D eigenvalue weighted by Crippen LogP contribution is 2.37. The summed E-state index contributed by atoms with van der Waals surface area (Å²) in [6.07, 6.45) is 6.90. The molecule has 7 nitrogen and oxygen atoms in total. The van der Waals surface area contributed by atoms with Crippen molar-refractivity contribution in [2.24, 2.45) is 5.10 Å². The van der Waals surface area contributed by atoms with Gasteiger partial charge in [0.2, 0.25) is 0 Å². The monoisotopic (exact) mass is 545 g/mol. The number of ether oxygens (including phenoxy) is 2. The minimum Gasteiger partial charge on any atom is -0.490 e. The summed E-state index contributed by atoms with van der Waals surface area (Å²) in [4.78, 5) is 29.8. The third-order valence-electron chi connectivity index (χ3n) is 5.70. The molecule has 4 rings (SSSR count). The number of carbonyl (C=O) groups excluding carboxylic acids is 1. The molecule has 1 aromatic heterocycles. The third kappa shape index (κ3) is 5.33. The van der Waals surface area contributed by atoms with Gasteiger partial charge in [-0.15, -0.1) is 0 Å². The number of hydrogen-bond donors (Lipinski definition) is 0. The molecular weight excluding hydrogens is 522 g/mol. The predicted molar refractivity (Wildman–Crippen MR) is 136 cm³/mol. The van der Waals surface area contributed by atoms with Crippen LogP contribution in [0.5, 0.6) is 11.5 Å². The van der Waals surface area contributed by atoms with Crippen LogP contribution in [-0.2, 0) is 4.79 Å². The summed E-state index contributed by atoms with van der Waals surface area (Å²) in [6.45, 7) is 3.48. The van der Waals surface area contributed by atoms with Crippen molar-refractivity contribution in [2.75, 3.05) is 6.61 Å². The van der Waals surface area contributed by atoms with E-state index in [2.05, 4.69) is 21.0 Å². The van der Waals surface area contributed by atoms with Crippen LogP contribution < -0.4 is 15.0 Å². The smallest absolute Gasteiger partial charge is 0.308 e. The van der Waals surface area contributed by atoms with Crippen LogP contribution in [-0.4, -0.2) is 28.5 Å². The standard InChI is InChI=1S/C25H25BrClN3O4/c1-3-33-22-12-16(11-20(27)23(22)34-15(2)31)14-28-30-24(17-7-5-4-6-8-17)29-21-10-9-18(26)13-19(21)25(30)32/h9-14,17H,3-8H2,1-2H3. The number of halogens is 2. The van der Waals surface area contributed by atoms with Gasteiger partial charge in [-0.05, 0) is 55.7 Å². The second kappa shape index (κ2) is 10.7. The summed E-state index contributed by atoms with van der Waals surface area (Å²) < 4.78 is 13.0. The van der Waals surface area contributed by atoms with E-state index < -0.39 is 5.97 Å². The maximum atomic E-state index is 13.5. The van der Waals surface area contributed by atoms with Crippen molar-refractivity contribution >= 4 is 50.6 Å². The molecule has 0 spiro atoms. The minimum atomic E-state index is -0.499. The molecule has 34 heavy (non-hydrogen) atoms. The van der Waals surface area contributed by atoms with Gasteiger partial charge in [-0.3, -0.25) is 9.59 Å². The Morgan fingerprint density at radius 3 is 2.74 bits per heavy atom. The fourth-order valence-corrected chi connectivity index (χ4v) is 4.81. The number of nitrogens with zero attached hydrogens (tertiary/aromatic N) is 3. The number of rotatable bonds is 6. The molecule has 1 aliphatic rings. The molecule has 1 aliphatic carbocycles. The summed E-state index contributed by atoms with van der Waals surface area (Å²) in [6, 6.07) is 8.78. The quantitative estimate of drug-likeness (QED) is 0.213. The summed E-state index contributed by atoms with van der Waals surface area (Å²) in [5.41, 5.74) is 1.03. The first-order chi connectivity index (χ1) is 16.4. The van der Waals surface area contributed by atoms with Crippen LogP contribution >= 0.6 is 27.5 Å². The van der Waals surface area contributed by atoms with Crippen molar-refractivity contribution in [2.45, 2.75) is 51.9 Å². The van der Waals surface area contributed by atoms with Crippen molar-refractivity contribution in [1.82, 2.24) is 9.66 Å². The van der Waals surface area contributed by atoms with E-state index in [0.717, 1.165) is 30.2 Å². The topological polar surface area (TPSA) is 82.8 Å². The number of hydrogen-bond acceptors (Lipinski definition) is 6. The second-order valence-corrected chi connectivity index (χ2v) is 9.51. The van der Waals surface area contributed by atoms with Crippen molar-refractivity contribution < 1.29 is 14.3 Å². The van der Waals surface area contributed by atoms with Gasteiger partial charge in [0.15, 0.2) is 11.5 Å². The molecular formula is C25H25BrClN3O4. The van der Waals surface area contributed by atoms with E-state index in [1.165, 1.54) is 18.0 Å². The molecule has 0 aliphatic heterocycles. The molecule has 0 radical (unpaired) electrons. The van der Waals surface area contributed by atoms with Crippen molar-refractivity contribution in [3.05, 3.63) is 61.6 Å². The largest absolute Gasteiger partial charge is 0.490 e. The number of benzene rings is 2. The Morgan fingerprint density at radius 1 is 1.26 bits per heavy atom. The summed E-state index contributed by atoms with van der Waals surface area (Å²) >= 11 is 9.81. The fourth-order valence-electron chi connectivity index (χ4n) is 4.20. The van der Waals surface area contributed by atoms with Crippen molar-refractivity contribution in [3.8, 4) is 11.5 Å². The first kappa shape index (κ1) is 24.4. The molecule has 2 aromatic carbocycles. The normalized spacial score (nSPS) is 14.6. The van der Waals surface area contributed by atoms with E-state index in [-0.39, 0.29) is 22.2 Å². The predicted octanol–water partition coefficient (Wildman–Crippen LogP) is 6.07. The Labute approximate surface area is 210 Å². The molecule has 0 amide bonds. The van der Waals surface area contributed by atoms with Crippen LogP contribution in [0.1, 0.15) is 63.3 Å². The average Bonchev–Trinajstić information content (AvgIpc) is 2.81. The maximum Gasteiger partial charge on any atom is 0.308 e. The fraction of sp³-hybridized carbons (Fsp3) is 0.360. The second-order valence-electron chi connectivity index (χ2n) is 8.18. The summed E-state index contributed by atoms with van der Waals surface area (Å²) in [7, 11) is 0. The number of esters is 1. The van der Waals surface area contributed by atoms with Crippen LogP contribution in [0.3, 0.4) is 0 Å². The highest BCUT2D eigenvalue weighted by Gasteiger charge is 2.22. The number of carbonyl (C=O) groups is 1. The van der Waals surface area contributed by atoms with E-state index >= 15 is 0 Å². The van der Waals surface area contributed by atoms with Crippen LogP contribution in [0.4, 0.5) is 0 Å². The van der Waals surface area contributed by atoms with E-state index in [0.29, 0.717) is 34.6 Å². The van der Waals surface area contributed by atoms with E-state index in [1.54, 1.807) is 24.4 Å². The van der Waals surface area contributed by atoms with Crippen LogP contribution in [0.2, 0.25) is 5.02 Å². The molecule has 3 aromatic rings. The Kier molecular flexibility index (Phi) is 7.68. The van der Waals surface area contributed by atoms with Gasteiger partial charge in [0.05, 0.1) is 28.7 Å². The van der Waals surface area contributed by atoms with E-state index in [9.17, 15) is 9.59 Å². The maximum absolute atomic E-state index is 13.5.